The van der Waals surface area contributed by atoms with Gasteiger partial charge < -0.3 is 5.32 Å². The van der Waals surface area contributed by atoms with E-state index in [0.29, 0.717) is 11.3 Å². The van der Waals surface area contributed by atoms with Gasteiger partial charge in [0.1, 0.15) is 0 Å². The number of hydrogen-bond acceptors (Lipinski definition) is 3. The molecule has 0 aromatic carbocycles. The summed E-state index contributed by atoms with van der Waals surface area (Å²) in [7, 11) is 3.97. The maximum Gasteiger partial charge on any atom is 0.0700 e. The van der Waals surface area contributed by atoms with Crippen LogP contribution in [0.2, 0.25) is 0 Å². The van der Waals surface area contributed by atoms with Crippen LogP contribution in [-0.4, -0.2) is 27.8 Å². The van der Waals surface area contributed by atoms with Gasteiger partial charge in [0.25, 0.3) is 0 Å². The number of halogens is 1. The first-order valence-corrected chi connectivity index (χ1v) is 6.86. The van der Waals surface area contributed by atoms with E-state index in [9.17, 15) is 0 Å². The highest BCUT2D eigenvalue weighted by Crippen LogP contribution is 2.26. The van der Waals surface area contributed by atoms with E-state index in [1.165, 1.54) is 5.69 Å². The van der Waals surface area contributed by atoms with Crippen molar-refractivity contribution in [3.8, 4) is 0 Å². The molecule has 1 aromatic rings. The molecule has 1 heterocycles. The van der Waals surface area contributed by atoms with Crippen molar-refractivity contribution in [2.75, 3.05) is 12.8 Å². The summed E-state index contributed by atoms with van der Waals surface area (Å²) in [5.74, 6) is 1.06. The number of thioether (sulfide) groups is 1. The van der Waals surface area contributed by atoms with Gasteiger partial charge in [-0.3, -0.25) is 4.68 Å². The molecule has 0 bridgehead atoms. The molecule has 1 unspecified atom stereocenters. The van der Waals surface area contributed by atoms with Gasteiger partial charge in [-0.25, -0.2) is 0 Å². The van der Waals surface area contributed by atoms with E-state index in [4.69, 9.17) is 0 Å². The largest absolute Gasteiger partial charge is 0.311 e. The highest BCUT2D eigenvalue weighted by Gasteiger charge is 2.17. The average molecular weight is 292 g/mol. The van der Waals surface area contributed by atoms with Crippen molar-refractivity contribution in [2.24, 2.45) is 7.05 Å². The Morgan fingerprint density at radius 2 is 2.27 bits per heavy atom. The van der Waals surface area contributed by atoms with Crippen LogP contribution < -0.4 is 5.32 Å². The lowest BCUT2D eigenvalue weighted by atomic mass is 10.2. The van der Waals surface area contributed by atoms with Crippen molar-refractivity contribution < 1.29 is 0 Å². The van der Waals surface area contributed by atoms with E-state index in [1.807, 2.05) is 36.7 Å². The first kappa shape index (κ1) is 13.1. The molecule has 0 aliphatic heterocycles. The van der Waals surface area contributed by atoms with Crippen LogP contribution in [0.1, 0.15) is 25.6 Å². The Hall–Kier alpha value is 0. The molecule has 1 atom stereocenters. The van der Waals surface area contributed by atoms with Gasteiger partial charge in [-0.05, 0) is 28.2 Å². The van der Waals surface area contributed by atoms with Crippen molar-refractivity contribution in [2.45, 2.75) is 25.1 Å². The van der Waals surface area contributed by atoms with Gasteiger partial charge in [-0.1, -0.05) is 13.8 Å². The van der Waals surface area contributed by atoms with E-state index in [-0.39, 0.29) is 0 Å². The molecule has 15 heavy (non-hydrogen) atoms. The fourth-order valence-electron chi connectivity index (χ4n) is 1.40. The van der Waals surface area contributed by atoms with Crippen LogP contribution in [0.3, 0.4) is 0 Å². The summed E-state index contributed by atoms with van der Waals surface area (Å²) in [5, 5.41) is 8.22. The first-order chi connectivity index (χ1) is 7.06. The van der Waals surface area contributed by atoms with Crippen molar-refractivity contribution >= 4 is 27.7 Å². The molecular weight excluding hydrogens is 274 g/mol. The van der Waals surface area contributed by atoms with Crippen LogP contribution in [0.25, 0.3) is 0 Å². The number of nitrogens with zero attached hydrogens (tertiary/aromatic N) is 2. The Kier molecular flexibility index (Phi) is 5.15. The first-order valence-electron chi connectivity index (χ1n) is 5.02. The van der Waals surface area contributed by atoms with E-state index in [1.54, 1.807) is 0 Å². The second-order valence-corrected chi connectivity index (χ2v) is 6.19. The lowest BCUT2D eigenvalue weighted by Gasteiger charge is -2.18. The molecule has 3 nitrogen and oxygen atoms in total. The fourth-order valence-corrected chi connectivity index (χ4v) is 2.93. The predicted octanol–water partition coefficient (Wildman–Crippen LogP) is 2.58. The van der Waals surface area contributed by atoms with Crippen molar-refractivity contribution in [1.29, 1.82) is 0 Å². The normalized spacial score (nSPS) is 13.5. The second-order valence-electron chi connectivity index (χ2n) is 3.72. The van der Waals surface area contributed by atoms with E-state index in [2.05, 4.69) is 40.2 Å². The predicted molar refractivity (Wildman–Crippen MR) is 70.3 cm³/mol. The maximum atomic E-state index is 4.23. The molecule has 1 aromatic heterocycles. The van der Waals surface area contributed by atoms with Gasteiger partial charge in [0.15, 0.2) is 0 Å². The number of aryl methyl sites for hydroxylation is 1. The van der Waals surface area contributed by atoms with Crippen LogP contribution in [0.4, 0.5) is 0 Å². The van der Waals surface area contributed by atoms with Gasteiger partial charge in [0.05, 0.1) is 22.4 Å². The quantitative estimate of drug-likeness (QED) is 0.904. The number of rotatable bonds is 5. The third-order valence-corrected chi connectivity index (χ3v) is 4.02. The summed E-state index contributed by atoms with van der Waals surface area (Å²) in [5.41, 5.74) is 1.21. The fraction of sp³-hybridized carbons (Fsp3) is 0.700. The molecule has 0 fully saturated rings. The molecule has 0 amide bonds. The maximum absolute atomic E-state index is 4.23. The summed E-state index contributed by atoms with van der Waals surface area (Å²) in [4.78, 5) is 0. The highest BCUT2D eigenvalue weighted by molar-refractivity contribution is 9.10. The average Bonchev–Trinajstić information content (AvgIpc) is 2.49. The molecular formula is C10H18BrN3S. The van der Waals surface area contributed by atoms with Crippen LogP contribution in [0.15, 0.2) is 10.7 Å². The van der Waals surface area contributed by atoms with Gasteiger partial charge in [-0.2, -0.15) is 16.9 Å². The summed E-state index contributed by atoms with van der Waals surface area (Å²) < 4.78 is 3.00. The molecule has 1 N–H and O–H groups in total. The summed E-state index contributed by atoms with van der Waals surface area (Å²) in [6.45, 7) is 4.44. The monoisotopic (exact) mass is 291 g/mol. The molecule has 5 heteroatoms. The molecule has 0 radical (unpaired) electrons. The summed E-state index contributed by atoms with van der Waals surface area (Å²) in [6, 6.07) is 0.347. The molecule has 0 aliphatic rings. The molecule has 86 valence electrons. The molecule has 0 saturated heterocycles. The topological polar surface area (TPSA) is 29.9 Å². The minimum atomic E-state index is 0.347. The Labute approximate surface area is 104 Å². The van der Waals surface area contributed by atoms with Gasteiger partial charge in [0, 0.05) is 12.8 Å². The minimum absolute atomic E-state index is 0.347. The van der Waals surface area contributed by atoms with Gasteiger partial charge >= 0.3 is 0 Å². The van der Waals surface area contributed by atoms with Crippen LogP contribution in [-0.2, 0) is 7.05 Å². The molecule has 0 saturated carbocycles. The molecule has 1 rings (SSSR count). The van der Waals surface area contributed by atoms with Crippen molar-refractivity contribution in [1.82, 2.24) is 15.1 Å². The smallest absolute Gasteiger partial charge is 0.0700 e. The summed E-state index contributed by atoms with van der Waals surface area (Å²) in [6.07, 6.45) is 1.85. The number of hydrogen-bond donors (Lipinski definition) is 1. The SMILES string of the molecule is CNC(CSC(C)C)c1c(Br)cnn1C. The Morgan fingerprint density at radius 1 is 1.60 bits per heavy atom. The highest BCUT2D eigenvalue weighted by atomic mass is 79.9. The van der Waals surface area contributed by atoms with E-state index < -0.39 is 0 Å². The van der Waals surface area contributed by atoms with Crippen molar-refractivity contribution in [3.63, 3.8) is 0 Å². The van der Waals surface area contributed by atoms with Gasteiger partial charge in [0.2, 0.25) is 0 Å². The van der Waals surface area contributed by atoms with Crippen molar-refractivity contribution in [3.05, 3.63) is 16.4 Å². The van der Waals surface area contributed by atoms with Crippen LogP contribution in [0, 0.1) is 0 Å². The van der Waals surface area contributed by atoms with E-state index in [0.717, 1.165) is 10.2 Å². The molecule has 0 aliphatic carbocycles. The zero-order valence-corrected chi connectivity index (χ0v) is 12.0. The lowest BCUT2D eigenvalue weighted by Crippen LogP contribution is -2.22. The van der Waals surface area contributed by atoms with Gasteiger partial charge in [-0.15, -0.1) is 0 Å². The second kappa shape index (κ2) is 5.92. The zero-order valence-electron chi connectivity index (χ0n) is 9.62. The minimum Gasteiger partial charge on any atom is -0.311 e. The standard InChI is InChI=1S/C10H18BrN3S/c1-7(2)15-6-9(12-3)10-8(11)5-13-14(10)4/h5,7,9,12H,6H2,1-4H3. The van der Waals surface area contributed by atoms with E-state index >= 15 is 0 Å². The molecule has 0 spiro atoms. The Balaban J connectivity index is 2.74. The summed E-state index contributed by atoms with van der Waals surface area (Å²) >= 11 is 5.49. The number of aromatic nitrogens is 2. The Morgan fingerprint density at radius 3 is 2.67 bits per heavy atom. The van der Waals surface area contributed by atoms with Crippen LogP contribution >= 0.6 is 27.7 Å². The zero-order chi connectivity index (χ0) is 11.4. The third kappa shape index (κ3) is 3.50. The van der Waals surface area contributed by atoms with Crippen LogP contribution in [0.5, 0.6) is 0 Å². The number of nitrogens with one attached hydrogen (secondary N) is 1. The Bertz CT molecular complexity index is 292. The third-order valence-electron chi connectivity index (χ3n) is 2.21. The lowest BCUT2D eigenvalue weighted by molar-refractivity contribution is 0.583.